The van der Waals surface area contributed by atoms with Crippen molar-refractivity contribution in [2.75, 3.05) is 0 Å². The fraction of sp³-hybridized carbons (Fsp3) is 0.278. The molecule has 0 fully saturated rings. The summed E-state index contributed by atoms with van der Waals surface area (Å²) in [6.07, 6.45) is 4.22. The van der Waals surface area contributed by atoms with Crippen molar-refractivity contribution in [1.82, 2.24) is 13.9 Å². The summed E-state index contributed by atoms with van der Waals surface area (Å²) in [6.45, 7) is 7.37. The molecule has 0 saturated carbocycles. The van der Waals surface area contributed by atoms with E-state index >= 15 is 0 Å². The van der Waals surface area contributed by atoms with Crippen molar-refractivity contribution in [2.24, 2.45) is 4.40 Å². The summed E-state index contributed by atoms with van der Waals surface area (Å²) < 4.78 is 42.4. The molecule has 0 radical (unpaired) electrons. The Morgan fingerprint density at radius 2 is 1.81 bits per heavy atom. The molecule has 0 saturated heterocycles. The highest BCUT2D eigenvalue weighted by atomic mass is 32.2. The summed E-state index contributed by atoms with van der Waals surface area (Å²) in [6, 6.07) is 8.19. The van der Waals surface area contributed by atoms with Crippen molar-refractivity contribution < 1.29 is 12.6 Å². The first-order valence-electron chi connectivity index (χ1n) is 8.21. The van der Waals surface area contributed by atoms with E-state index in [1.807, 2.05) is 27.7 Å². The summed E-state index contributed by atoms with van der Waals surface area (Å²) in [4.78, 5) is 8.74. The van der Waals surface area contributed by atoms with E-state index in [1.54, 1.807) is 30.3 Å². The van der Waals surface area contributed by atoms with Crippen LogP contribution in [0.2, 0.25) is 0 Å². The fourth-order valence-electron chi connectivity index (χ4n) is 2.24. The third-order valence-electron chi connectivity index (χ3n) is 3.76. The minimum Gasteiger partial charge on any atom is -0.242 e. The molecule has 0 N–H and O–H groups in total. The average Bonchev–Trinajstić information content (AvgIpc) is 3.03. The quantitative estimate of drug-likeness (QED) is 0.623. The number of nitrogens with zero attached hydrogens (tertiary/aromatic N) is 4. The van der Waals surface area contributed by atoms with Crippen LogP contribution in [0.3, 0.4) is 0 Å². The van der Waals surface area contributed by atoms with Crippen molar-refractivity contribution in [3.05, 3.63) is 54.0 Å². The molecule has 3 rings (SSSR count). The molecule has 0 aliphatic heterocycles. The van der Waals surface area contributed by atoms with Gasteiger partial charge in [0.1, 0.15) is 22.2 Å². The number of hydrogen-bond acceptors (Lipinski definition) is 5. The normalized spacial score (nSPS) is 14.1. The lowest BCUT2D eigenvalue weighted by Crippen LogP contribution is -2.19. The highest BCUT2D eigenvalue weighted by molar-refractivity contribution is 7.90. The van der Waals surface area contributed by atoms with Gasteiger partial charge < -0.3 is 0 Å². The molecule has 2 heterocycles. The van der Waals surface area contributed by atoms with Gasteiger partial charge >= 0.3 is 0 Å². The zero-order valence-electron chi connectivity index (χ0n) is 15.4. The zero-order valence-corrected chi connectivity index (χ0v) is 17.1. The van der Waals surface area contributed by atoms with Gasteiger partial charge in [0.05, 0.1) is 22.1 Å². The number of benzene rings is 1. The SMILES string of the molecule is Cc1ccc(S(=O)(=O)n2ccc3nc(/C=N/S(=O)C(C)(C)C)cnc32)cc1. The van der Waals surface area contributed by atoms with E-state index in [-0.39, 0.29) is 10.5 Å². The molecule has 0 bridgehead atoms. The van der Waals surface area contributed by atoms with Crippen molar-refractivity contribution in [3.8, 4) is 0 Å². The van der Waals surface area contributed by atoms with Crippen LogP contribution >= 0.6 is 0 Å². The van der Waals surface area contributed by atoms with Gasteiger partial charge in [0.2, 0.25) is 0 Å². The maximum atomic E-state index is 12.9. The summed E-state index contributed by atoms with van der Waals surface area (Å²) in [5.74, 6) is 0. The molecule has 0 aliphatic carbocycles. The molecule has 27 heavy (non-hydrogen) atoms. The molecule has 0 amide bonds. The molecule has 2 aromatic heterocycles. The van der Waals surface area contributed by atoms with E-state index in [1.165, 1.54) is 18.6 Å². The van der Waals surface area contributed by atoms with E-state index in [2.05, 4.69) is 14.4 Å². The van der Waals surface area contributed by atoms with Gasteiger partial charge in [0.15, 0.2) is 5.65 Å². The average molecular weight is 405 g/mol. The van der Waals surface area contributed by atoms with Crippen LogP contribution in [0, 0.1) is 6.92 Å². The molecule has 0 aliphatic rings. The number of rotatable bonds is 4. The van der Waals surface area contributed by atoms with Crippen LogP contribution in [0.15, 0.2) is 52.0 Å². The number of aromatic nitrogens is 3. The summed E-state index contributed by atoms with van der Waals surface area (Å²) >= 11 is 0. The first kappa shape index (κ1) is 19.4. The molecule has 3 aromatic rings. The molecule has 1 unspecified atom stereocenters. The second kappa shape index (κ2) is 6.97. The predicted molar refractivity (Wildman–Crippen MR) is 107 cm³/mol. The second-order valence-electron chi connectivity index (χ2n) is 7.03. The Morgan fingerprint density at radius 1 is 1.15 bits per heavy atom. The van der Waals surface area contributed by atoms with Gasteiger partial charge in [-0.2, -0.15) is 4.40 Å². The van der Waals surface area contributed by atoms with Crippen LogP contribution in [0.1, 0.15) is 32.0 Å². The zero-order chi connectivity index (χ0) is 19.8. The van der Waals surface area contributed by atoms with Crippen molar-refractivity contribution in [2.45, 2.75) is 37.3 Å². The predicted octanol–water partition coefficient (Wildman–Crippen LogP) is 2.86. The van der Waals surface area contributed by atoms with Crippen LogP contribution in [-0.2, 0) is 21.0 Å². The van der Waals surface area contributed by atoms with Gasteiger partial charge in [-0.1, -0.05) is 17.7 Å². The summed E-state index contributed by atoms with van der Waals surface area (Å²) in [5.41, 5.74) is 2.02. The number of hydrogen-bond donors (Lipinski definition) is 0. The lowest BCUT2D eigenvalue weighted by Gasteiger charge is -2.12. The third-order valence-corrected chi connectivity index (χ3v) is 6.78. The molecule has 142 valence electrons. The smallest absolute Gasteiger partial charge is 0.242 e. The topological polar surface area (TPSA) is 94.3 Å². The highest BCUT2D eigenvalue weighted by Gasteiger charge is 2.21. The first-order valence-corrected chi connectivity index (χ1v) is 10.8. The van der Waals surface area contributed by atoms with Crippen LogP contribution in [0.25, 0.3) is 11.2 Å². The minimum atomic E-state index is -3.77. The van der Waals surface area contributed by atoms with Gasteiger partial charge in [-0.15, -0.1) is 0 Å². The van der Waals surface area contributed by atoms with Crippen molar-refractivity contribution >= 4 is 38.4 Å². The van der Waals surface area contributed by atoms with Crippen molar-refractivity contribution in [1.29, 1.82) is 0 Å². The standard InChI is InChI=1S/C18H20N4O3S2/c1-13-5-7-15(8-6-13)27(24,25)22-10-9-16-17(22)19-11-14(21-16)12-20-26(23)18(2,3)4/h5-12H,1-4H3/b20-12+. The minimum absolute atomic E-state index is 0.179. The Bertz CT molecular complexity index is 1140. The Labute approximate surface area is 160 Å². The Morgan fingerprint density at radius 3 is 2.44 bits per heavy atom. The lowest BCUT2D eigenvalue weighted by molar-refractivity contribution is 0.588. The highest BCUT2D eigenvalue weighted by Crippen LogP contribution is 2.20. The number of aryl methyl sites for hydroxylation is 1. The third kappa shape index (κ3) is 3.98. The van der Waals surface area contributed by atoms with Crippen LogP contribution in [0.4, 0.5) is 0 Å². The molecule has 0 spiro atoms. The lowest BCUT2D eigenvalue weighted by atomic mass is 10.2. The Hall–Kier alpha value is -2.39. The Kier molecular flexibility index (Phi) is 5.00. The van der Waals surface area contributed by atoms with Crippen LogP contribution in [0.5, 0.6) is 0 Å². The second-order valence-corrected chi connectivity index (χ2v) is 10.8. The van der Waals surface area contributed by atoms with E-state index in [0.29, 0.717) is 11.2 Å². The summed E-state index contributed by atoms with van der Waals surface area (Å²) in [5, 5.41) is 0. The molecule has 1 atom stereocenters. The molecule has 9 heteroatoms. The largest absolute Gasteiger partial charge is 0.269 e. The van der Waals surface area contributed by atoms with Crippen molar-refractivity contribution in [3.63, 3.8) is 0 Å². The molecule has 7 nitrogen and oxygen atoms in total. The first-order chi connectivity index (χ1) is 12.6. The van der Waals surface area contributed by atoms with E-state index < -0.39 is 25.8 Å². The molecular weight excluding hydrogens is 384 g/mol. The number of fused-ring (bicyclic) bond motifs is 1. The monoisotopic (exact) mass is 404 g/mol. The van der Waals surface area contributed by atoms with Gasteiger partial charge in [0.25, 0.3) is 10.0 Å². The van der Waals surface area contributed by atoms with E-state index in [0.717, 1.165) is 9.54 Å². The van der Waals surface area contributed by atoms with Gasteiger partial charge in [-0.05, 0) is 45.9 Å². The maximum Gasteiger partial charge on any atom is 0.269 e. The van der Waals surface area contributed by atoms with Gasteiger partial charge in [0, 0.05) is 6.20 Å². The summed E-state index contributed by atoms with van der Waals surface area (Å²) in [7, 11) is -5.17. The van der Waals surface area contributed by atoms with Gasteiger partial charge in [-0.3, -0.25) is 0 Å². The maximum absolute atomic E-state index is 12.9. The van der Waals surface area contributed by atoms with E-state index in [9.17, 15) is 12.6 Å². The fourth-order valence-corrected chi connectivity index (χ4v) is 4.06. The van der Waals surface area contributed by atoms with E-state index in [4.69, 9.17) is 0 Å². The van der Waals surface area contributed by atoms with Crippen LogP contribution in [-0.4, -0.2) is 37.5 Å². The Balaban J connectivity index is 1.98. The molecule has 1 aromatic carbocycles. The van der Waals surface area contributed by atoms with Crippen LogP contribution < -0.4 is 0 Å². The molecular formula is C18H20N4O3S2. The van der Waals surface area contributed by atoms with Gasteiger partial charge in [-0.25, -0.2) is 26.6 Å².